The minimum atomic E-state index is 0.276. The summed E-state index contributed by atoms with van der Waals surface area (Å²) in [6.07, 6.45) is 6.91. The van der Waals surface area contributed by atoms with Gasteiger partial charge >= 0.3 is 0 Å². The fraction of sp³-hybridized carbons (Fsp3) is 0.647. The largest absolute Gasteiger partial charge is 0.347 e. The Kier molecular flexibility index (Phi) is 4.69. The maximum atomic E-state index is 4.73. The predicted molar refractivity (Wildman–Crippen MR) is 95.5 cm³/mol. The minimum Gasteiger partial charge on any atom is -0.347 e. The highest BCUT2D eigenvalue weighted by molar-refractivity contribution is 5.39. The lowest BCUT2D eigenvalue weighted by atomic mass is 9.93. The molecular formula is C17H27N7. The van der Waals surface area contributed by atoms with Crippen molar-refractivity contribution in [2.75, 3.05) is 37.0 Å². The summed E-state index contributed by atoms with van der Waals surface area (Å²) in [5.74, 6) is 3.24. The minimum absolute atomic E-state index is 0.276. The summed E-state index contributed by atoms with van der Waals surface area (Å²) < 4.78 is 2.20. The number of hydrogen-bond acceptors (Lipinski definition) is 6. The van der Waals surface area contributed by atoms with Crippen molar-refractivity contribution in [1.82, 2.24) is 24.5 Å². The summed E-state index contributed by atoms with van der Waals surface area (Å²) in [6.45, 7) is 8.41. The van der Waals surface area contributed by atoms with E-state index in [1.54, 1.807) is 0 Å². The lowest BCUT2D eigenvalue weighted by Gasteiger charge is -2.37. The van der Waals surface area contributed by atoms with Crippen LogP contribution in [0.15, 0.2) is 18.7 Å². The van der Waals surface area contributed by atoms with Crippen LogP contribution in [0.5, 0.6) is 0 Å². The number of nitrogens with zero attached hydrogens (tertiary/aromatic N) is 7. The molecule has 0 bridgehead atoms. The van der Waals surface area contributed by atoms with Crippen LogP contribution in [0.3, 0.4) is 0 Å². The van der Waals surface area contributed by atoms with E-state index in [0.717, 1.165) is 37.2 Å². The van der Waals surface area contributed by atoms with Crippen molar-refractivity contribution in [2.45, 2.75) is 39.2 Å². The summed E-state index contributed by atoms with van der Waals surface area (Å²) >= 11 is 0. The van der Waals surface area contributed by atoms with E-state index in [1.807, 2.05) is 37.7 Å². The van der Waals surface area contributed by atoms with Gasteiger partial charge in [-0.2, -0.15) is 15.0 Å². The van der Waals surface area contributed by atoms with Gasteiger partial charge in [0.1, 0.15) is 5.82 Å². The van der Waals surface area contributed by atoms with E-state index in [2.05, 4.69) is 45.2 Å². The number of imidazole rings is 1. The summed E-state index contributed by atoms with van der Waals surface area (Å²) in [6, 6.07) is 0.392. The Morgan fingerprint density at radius 1 is 1.21 bits per heavy atom. The smallest absolute Gasteiger partial charge is 0.230 e. The van der Waals surface area contributed by atoms with E-state index in [-0.39, 0.29) is 5.92 Å². The van der Waals surface area contributed by atoms with Crippen LogP contribution in [0.4, 0.5) is 11.9 Å². The first-order valence-electron chi connectivity index (χ1n) is 8.61. The summed E-state index contributed by atoms with van der Waals surface area (Å²) in [5.41, 5.74) is 0. The Labute approximate surface area is 143 Å². The van der Waals surface area contributed by atoms with Gasteiger partial charge in [0.25, 0.3) is 0 Å². The second kappa shape index (κ2) is 6.75. The molecule has 3 heterocycles. The van der Waals surface area contributed by atoms with Gasteiger partial charge in [-0.05, 0) is 12.3 Å². The van der Waals surface area contributed by atoms with Crippen LogP contribution in [-0.4, -0.2) is 51.7 Å². The van der Waals surface area contributed by atoms with Crippen molar-refractivity contribution in [2.24, 2.45) is 5.92 Å². The molecule has 2 unspecified atom stereocenters. The number of anilines is 2. The maximum absolute atomic E-state index is 4.73. The molecule has 3 rings (SSSR count). The van der Waals surface area contributed by atoms with Gasteiger partial charge in [-0.15, -0.1) is 0 Å². The average molecular weight is 329 g/mol. The van der Waals surface area contributed by atoms with E-state index >= 15 is 0 Å². The molecule has 2 atom stereocenters. The molecule has 0 aliphatic carbocycles. The molecule has 0 aromatic carbocycles. The zero-order chi connectivity index (χ0) is 17.3. The molecule has 130 valence electrons. The van der Waals surface area contributed by atoms with Gasteiger partial charge in [0.05, 0.1) is 12.4 Å². The van der Waals surface area contributed by atoms with Crippen LogP contribution >= 0.6 is 0 Å². The molecule has 2 aromatic heterocycles. The van der Waals surface area contributed by atoms with E-state index in [0.29, 0.717) is 12.0 Å². The third kappa shape index (κ3) is 3.34. The standard InChI is InChI=1S/C17H27N7/c1-12(2)15-19-16(22(4)5)21-17(20-15)23-8-6-13(3)14(10-23)24-9-7-18-11-24/h7,9,11-14H,6,8,10H2,1-5H3. The molecule has 2 aromatic rings. The number of aromatic nitrogens is 5. The highest BCUT2D eigenvalue weighted by Crippen LogP contribution is 2.30. The Balaban J connectivity index is 1.90. The van der Waals surface area contributed by atoms with Crippen molar-refractivity contribution < 1.29 is 0 Å². The lowest BCUT2D eigenvalue weighted by Crippen LogP contribution is -2.41. The normalized spacial score (nSPS) is 21.3. The highest BCUT2D eigenvalue weighted by Gasteiger charge is 2.29. The van der Waals surface area contributed by atoms with E-state index in [9.17, 15) is 0 Å². The third-order valence-electron chi connectivity index (χ3n) is 4.65. The molecule has 1 aliphatic heterocycles. The van der Waals surface area contributed by atoms with Gasteiger partial charge in [-0.3, -0.25) is 0 Å². The van der Waals surface area contributed by atoms with Gasteiger partial charge in [0, 0.05) is 45.5 Å². The van der Waals surface area contributed by atoms with Crippen LogP contribution in [0, 0.1) is 5.92 Å². The van der Waals surface area contributed by atoms with E-state index in [4.69, 9.17) is 4.98 Å². The fourth-order valence-electron chi connectivity index (χ4n) is 3.05. The van der Waals surface area contributed by atoms with Crippen LogP contribution in [0.1, 0.15) is 45.0 Å². The first-order chi connectivity index (χ1) is 11.5. The van der Waals surface area contributed by atoms with Crippen LogP contribution < -0.4 is 9.80 Å². The van der Waals surface area contributed by atoms with E-state index in [1.165, 1.54) is 0 Å². The molecule has 7 heteroatoms. The Morgan fingerprint density at radius 2 is 2.00 bits per heavy atom. The molecule has 0 radical (unpaired) electrons. The molecular weight excluding hydrogens is 302 g/mol. The molecule has 0 spiro atoms. The zero-order valence-corrected chi connectivity index (χ0v) is 15.2. The first kappa shape index (κ1) is 16.7. The molecule has 1 saturated heterocycles. The predicted octanol–water partition coefficient (Wildman–Crippen LogP) is 2.35. The summed E-state index contributed by atoms with van der Waals surface area (Å²) in [7, 11) is 3.94. The van der Waals surface area contributed by atoms with Gasteiger partial charge in [0.15, 0.2) is 0 Å². The average Bonchev–Trinajstić information content (AvgIpc) is 3.09. The van der Waals surface area contributed by atoms with Gasteiger partial charge < -0.3 is 14.4 Å². The SMILES string of the molecule is CC(C)c1nc(N(C)C)nc(N2CCC(C)C(n3ccnc3)C2)n1. The fourth-order valence-corrected chi connectivity index (χ4v) is 3.05. The number of rotatable bonds is 4. The topological polar surface area (TPSA) is 63.0 Å². The Morgan fingerprint density at radius 3 is 2.62 bits per heavy atom. The van der Waals surface area contributed by atoms with Crippen LogP contribution in [0.25, 0.3) is 0 Å². The highest BCUT2D eigenvalue weighted by atomic mass is 15.3. The quantitative estimate of drug-likeness (QED) is 0.858. The molecule has 1 fully saturated rings. The molecule has 24 heavy (non-hydrogen) atoms. The monoisotopic (exact) mass is 329 g/mol. The molecule has 1 aliphatic rings. The lowest BCUT2D eigenvalue weighted by molar-refractivity contribution is 0.296. The van der Waals surface area contributed by atoms with Crippen molar-refractivity contribution in [3.8, 4) is 0 Å². The second-order valence-electron chi connectivity index (χ2n) is 7.13. The van der Waals surface area contributed by atoms with Gasteiger partial charge in [-0.1, -0.05) is 20.8 Å². The van der Waals surface area contributed by atoms with Crippen molar-refractivity contribution in [1.29, 1.82) is 0 Å². The number of piperidine rings is 1. The molecule has 0 amide bonds. The van der Waals surface area contributed by atoms with Crippen molar-refractivity contribution in [3.63, 3.8) is 0 Å². The number of hydrogen-bond donors (Lipinski definition) is 0. The van der Waals surface area contributed by atoms with Crippen molar-refractivity contribution >= 4 is 11.9 Å². The van der Waals surface area contributed by atoms with Crippen molar-refractivity contribution in [3.05, 3.63) is 24.5 Å². The molecule has 0 saturated carbocycles. The maximum Gasteiger partial charge on any atom is 0.230 e. The summed E-state index contributed by atoms with van der Waals surface area (Å²) in [5, 5.41) is 0. The zero-order valence-electron chi connectivity index (χ0n) is 15.2. The van der Waals surface area contributed by atoms with E-state index < -0.39 is 0 Å². The van der Waals surface area contributed by atoms with Gasteiger partial charge in [0.2, 0.25) is 11.9 Å². The molecule has 7 nitrogen and oxygen atoms in total. The Hall–Kier alpha value is -2.18. The van der Waals surface area contributed by atoms with Crippen LogP contribution in [-0.2, 0) is 0 Å². The Bertz CT molecular complexity index is 639. The first-order valence-corrected chi connectivity index (χ1v) is 8.61. The van der Waals surface area contributed by atoms with Gasteiger partial charge in [-0.25, -0.2) is 4.98 Å². The second-order valence-corrected chi connectivity index (χ2v) is 7.13. The third-order valence-corrected chi connectivity index (χ3v) is 4.65. The summed E-state index contributed by atoms with van der Waals surface area (Å²) in [4.78, 5) is 22.4. The van der Waals surface area contributed by atoms with Crippen LogP contribution in [0.2, 0.25) is 0 Å². The molecule has 0 N–H and O–H groups in total.